The molecule has 4 aromatic rings. The highest BCUT2D eigenvalue weighted by Gasteiger charge is 2.18. The van der Waals surface area contributed by atoms with Crippen molar-refractivity contribution in [3.05, 3.63) is 94.6 Å². The van der Waals surface area contributed by atoms with Crippen molar-refractivity contribution in [2.75, 3.05) is 0 Å². The van der Waals surface area contributed by atoms with Gasteiger partial charge in [-0.1, -0.05) is 41.9 Å². The van der Waals surface area contributed by atoms with Gasteiger partial charge in [-0.2, -0.15) is 0 Å². The molecule has 0 aliphatic rings. The Labute approximate surface area is 160 Å². The molecule has 4 rings (SSSR count). The van der Waals surface area contributed by atoms with Crippen LogP contribution in [0, 0.1) is 5.82 Å². The summed E-state index contributed by atoms with van der Waals surface area (Å²) < 4.78 is 20.3. The third-order valence-electron chi connectivity index (χ3n) is 4.41. The largest absolute Gasteiger partial charge is 0.463 e. The monoisotopic (exact) mass is 382 g/mol. The van der Waals surface area contributed by atoms with Gasteiger partial charge in [0.2, 0.25) is 0 Å². The van der Waals surface area contributed by atoms with E-state index in [0.717, 1.165) is 16.6 Å². The molecule has 1 amide bonds. The second-order valence-electron chi connectivity index (χ2n) is 6.19. The topological polar surface area (TPSA) is 47.2 Å². The van der Waals surface area contributed by atoms with Crippen molar-refractivity contribution in [3.8, 4) is 0 Å². The molecule has 2 heterocycles. The summed E-state index contributed by atoms with van der Waals surface area (Å²) in [6.45, 7) is 0.750. The minimum Gasteiger partial charge on any atom is -0.463 e. The molecule has 4 nitrogen and oxygen atoms in total. The van der Waals surface area contributed by atoms with Gasteiger partial charge in [-0.25, -0.2) is 4.39 Å². The van der Waals surface area contributed by atoms with E-state index in [1.54, 1.807) is 24.5 Å². The van der Waals surface area contributed by atoms with Crippen LogP contribution in [0.2, 0.25) is 5.02 Å². The minimum atomic E-state index is -0.306. The number of carbonyl (C=O) groups is 1. The molecule has 0 aliphatic carbocycles. The highest BCUT2D eigenvalue weighted by Crippen LogP contribution is 2.25. The molecule has 0 aliphatic heterocycles. The Balaban J connectivity index is 1.61. The van der Waals surface area contributed by atoms with Crippen LogP contribution in [0.3, 0.4) is 0 Å². The van der Waals surface area contributed by atoms with E-state index in [9.17, 15) is 9.18 Å². The Bertz CT molecular complexity index is 1100. The van der Waals surface area contributed by atoms with Crippen LogP contribution in [0.15, 0.2) is 71.3 Å². The van der Waals surface area contributed by atoms with Crippen molar-refractivity contribution < 1.29 is 13.6 Å². The fraction of sp³-hybridized carbons (Fsp3) is 0.0952. The number of benzene rings is 2. The van der Waals surface area contributed by atoms with Gasteiger partial charge in [-0.15, -0.1) is 0 Å². The maximum absolute atomic E-state index is 13.0. The summed E-state index contributed by atoms with van der Waals surface area (Å²) in [6.07, 6.45) is 1.59. The molecule has 0 radical (unpaired) electrons. The Kier molecular flexibility index (Phi) is 4.69. The third-order valence-corrected chi connectivity index (χ3v) is 4.78. The highest BCUT2D eigenvalue weighted by molar-refractivity contribution is 6.31. The fourth-order valence-corrected chi connectivity index (χ4v) is 3.20. The average Bonchev–Trinajstić information content (AvgIpc) is 3.25. The van der Waals surface area contributed by atoms with Crippen molar-refractivity contribution in [2.24, 2.45) is 0 Å². The number of amides is 1. The number of hydrogen-bond acceptors (Lipinski definition) is 2. The van der Waals surface area contributed by atoms with Gasteiger partial charge in [0.05, 0.1) is 11.8 Å². The summed E-state index contributed by atoms with van der Waals surface area (Å²) >= 11 is 6.28. The lowest BCUT2D eigenvalue weighted by molar-refractivity contribution is 0.0942. The van der Waals surface area contributed by atoms with E-state index in [-0.39, 0.29) is 11.7 Å². The van der Waals surface area contributed by atoms with Gasteiger partial charge in [0.25, 0.3) is 5.91 Å². The summed E-state index contributed by atoms with van der Waals surface area (Å²) in [7, 11) is 0. The van der Waals surface area contributed by atoms with Crippen LogP contribution in [0.1, 0.15) is 21.6 Å². The zero-order chi connectivity index (χ0) is 18.8. The number of fused-ring (bicyclic) bond motifs is 1. The zero-order valence-corrected chi connectivity index (χ0v) is 15.0. The Hall–Kier alpha value is -3.05. The lowest BCUT2D eigenvalue weighted by Gasteiger charge is -2.12. The number of rotatable bonds is 5. The molecule has 0 saturated heterocycles. The van der Waals surface area contributed by atoms with Gasteiger partial charge in [-0.3, -0.25) is 4.79 Å². The number of hydrogen-bond donors (Lipinski definition) is 1. The number of aromatic nitrogens is 1. The molecule has 0 fully saturated rings. The Morgan fingerprint density at radius 2 is 1.89 bits per heavy atom. The van der Waals surface area contributed by atoms with E-state index in [4.69, 9.17) is 16.0 Å². The molecule has 2 aromatic heterocycles. The quantitative estimate of drug-likeness (QED) is 0.527. The van der Waals surface area contributed by atoms with E-state index in [1.165, 1.54) is 12.1 Å². The summed E-state index contributed by atoms with van der Waals surface area (Å²) in [5.74, 6) is -0.545. The van der Waals surface area contributed by atoms with Crippen molar-refractivity contribution in [1.82, 2.24) is 9.88 Å². The second kappa shape index (κ2) is 7.29. The number of nitrogens with zero attached hydrogens (tertiary/aromatic N) is 1. The minimum absolute atomic E-state index is 0.238. The van der Waals surface area contributed by atoms with Crippen LogP contribution in [0.4, 0.5) is 4.39 Å². The van der Waals surface area contributed by atoms with Gasteiger partial charge >= 0.3 is 0 Å². The van der Waals surface area contributed by atoms with E-state index >= 15 is 0 Å². The first-order chi connectivity index (χ1) is 13.1. The van der Waals surface area contributed by atoms with Crippen molar-refractivity contribution in [3.63, 3.8) is 0 Å². The molecule has 0 unspecified atom stereocenters. The molecule has 0 spiro atoms. The number of furan rings is 1. The van der Waals surface area contributed by atoms with Crippen molar-refractivity contribution in [2.45, 2.75) is 13.1 Å². The molecule has 0 atom stereocenters. The Morgan fingerprint density at radius 3 is 2.67 bits per heavy atom. The predicted octanol–water partition coefficient (Wildman–Crippen LogP) is 5.01. The molecule has 27 heavy (non-hydrogen) atoms. The summed E-state index contributed by atoms with van der Waals surface area (Å²) in [6, 6.07) is 17.1. The van der Waals surface area contributed by atoms with Crippen LogP contribution < -0.4 is 5.32 Å². The van der Waals surface area contributed by atoms with Gasteiger partial charge in [0.15, 0.2) is 5.58 Å². The van der Waals surface area contributed by atoms with Crippen molar-refractivity contribution in [1.29, 1.82) is 0 Å². The molecule has 0 bridgehead atoms. The van der Waals surface area contributed by atoms with Gasteiger partial charge < -0.3 is 14.3 Å². The number of nitrogens with one attached hydrogen (secondary N) is 1. The normalized spacial score (nSPS) is 11.0. The van der Waals surface area contributed by atoms with E-state index < -0.39 is 0 Å². The SMILES string of the molecule is O=C(NCc1ccc(F)cc1)c1cc2occc2n1Cc1ccccc1Cl. The van der Waals surface area contributed by atoms with E-state index in [0.29, 0.717) is 29.4 Å². The van der Waals surface area contributed by atoms with Crippen LogP contribution in [0.5, 0.6) is 0 Å². The van der Waals surface area contributed by atoms with Crippen LogP contribution in [-0.4, -0.2) is 10.5 Å². The second-order valence-corrected chi connectivity index (χ2v) is 6.59. The number of carbonyl (C=O) groups excluding carboxylic acids is 1. The van der Waals surface area contributed by atoms with Crippen molar-refractivity contribution >= 4 is 28.6 Å². The Morgan fingerprint density at radius 1 is 1.11 bits per heavy atom. The molecular formula is C21H16ClFN2O2. The smallest absolute Gasteiger partial charge is 0.268 e. The van der Waals surface area contributed by atoms with Crippen LogP contribution in [0.25, 0.3) is 11.1 Å². The lowest BCUT2D eigenvalue weighted by atomic mass is 10.2. The molecule has 0 saturated carbocycles. The molecule has 2 aromatic carbocycles. The third kappa shape index (κ3) is 3.59. The number of halogens is 2. The summed E-state index contributed by atoms with van der Waals surface area (Å²) in [5.41, 5.74) is 3.66. The molecule has 136 valence electrons. The maximum Gasteiger partial charge on any atom is 0.268 e. The molecule has 6 heteroatoms. The van der Waals surface area contributed by atoms with Crippen LogP contribution in [-0.2, 0) is 13.1 Å². The van der Waals surface area contributed by atoms with E-state index in [1.807, 2.05) is 34.9 Å². The first-order valence-electron chi connectivity index (χ1n) is 8.44. The van der Waals surface area contributed by atoms with Crippen LogP contribution >= 0.6 is 11.6 Å². The van der Waals surface area contributed by atoms with Gasteiger partial charge in [0, 0.05) is 30.2 Å². The zero-order valence-electron chi connectivity index (χ0n) is 14.3. The standard InChI is InChI=1S/C21H16ClFN2O2/c22-17-4-2-1-3-15(17)13-25-18-9-10-27-20(18)11-19(25)21(26)24-12-14-5-7-16(23)8-6-14/h1-11H,12-13H2,(H,24,26). The summed E-state index contributed by atoms with van der Waals surface area (Å²) in [4.78, 5) is 12.8. The lowest BCUT2D eigenvalue weighted by Crippen LogP contribution is -2.25. The molecular weight excluding hydrogens is 367 g/mol. The maximum atomic E-state index is 13.0. The first-order valence-corrected chi connectivity index (χ1v) is 8.82. The first kappa shape index (κ1) is 17.4. The fourth-order valence-electron chi connectivity index (χ4n) is 3.01. The predicted molar refractivity (Wildman–Crippen MR) is 102 cm³/mol. The highest BCUT2D eigenvalue weighted by atomic mass is 35.5. The van der Waals surface area contributed by atoms with Gasteiger partial charge in [-0.05, 0) is 29.3 Å². The van der Waals surface area contributed by atoms with E-state index in [2.05, 4.69) is 5.32 Å². The molecule has 1 N–H and O–H groups in total. The average molecular weight is 383 g/mol. The van der Waals surface area contributed by atoms with Gasteiger partial charge in [0.1, 0.15) is 11.5 Å². The summed E-state index contributed by atoms with van der Waals surface area (Å²) in [5, 5.41) is 3.51.